The molecule has 1 saturated carbocycles. The molecule has 2 heteroatoms. The van der Waals surface area contributed by atoms with Gasteiger partial charge in [-0.25, -0.2) is 0 Å². The van der Waals surface area contributed by atoms with Crippen molar-refractivity contribution in [2.75, 3.05) is 13.6 Å². The van der Waals surface area contributed by atoms with Gasteiger partial charge in [-0.2, -0.15) is 0 Å². The Bertz CT molecular complexity index is 397. The molecule has 0 bridgehead atoms. The quantitative estimate of drug-likeness (QED) is 0.847. The van der Waals surface area contributed by atoms with Crippen LogP contribution in [0.3, 0.4) is 0 Å². The van der Waals surface area contributed by atoms with Gasteiger partial charge in [-0.05, 0) is 38.3 Å². The molecule has 106 valence electrons. The van der Waals surface area contributed by atoms with Crippen molar-refractivity contribution in [3.8, 4) is 0 Å². The van der Waals surface area contributed by atoms with E-state index in [0.717, 1.165) is 18.0 Å². The first-order valence-electron chi connectivity index (χ1n) is 7.35. The maximum absolute atomic E-state index is 10.6. The van der Waals surface area contributed by atoms with Crippen molar-refractivity contribution >= 4 is 0 Å². The molecule has 2 nitrogen and oxygen atoms in total. The van der Waals surface area contributed by atoms with Crippen LogP contribution < -0.4 is 0 Å². The monoisotopic (exact) mass is 261 g/mol. The lowest BCUT2D eigenvalue weighted by molar-refractivity contribution is 0.0162. The molecule has 0 heterocycles. The number of rotatable bonds is 6. The van der Waals surface area contributed by atoms with Crippen LogP contribution in [0.15, 0.2) is 30.3 Å². The SMILES string of the molecule is CC(C1CC1)N(C)CC(C)(C)C(O)c1ccccc1. The molecule has 1 N–H and O–H groups in total. The van der Waals surface area contributed by atoms with Gasteiger partial charge in [-0.15, -0.1) is 0 Å². The predicted molar refractivity (Wildman–Crippen MR) is 80.0 cm³/mol. The highest BCUT2D eigenvalue weighted by molar-refractivity contribution is 5.19. The molecule has 1 aliphatic rings. The number of benzene rings is 1. The van der Waals surface area contributed by atoms with Gasteiger partial charge in [-0.1, -0.05) is 44.2 Å². The van der Waals surface area contributed by atoms with Gasteiger partial charge in [0.2, 0.25) is 0 Å². The van der Waals surface area contributed by atoms with E-state index in [-0.39, 0.29) is 5.41 Å². The van der Waals surface area contributed by atoms with Crippen molar-refractivity contribution in [3.63, 3.8) is 0 Å². The van der Waals surface area contributed by atoms with Crippen LogP contribution in [0.1, 0.15) is 45.3 Å². The molecule has 2 atom stereocenters. The number of nitrogens with zero attached hydrogens (tertiary/aromatic N) is 1. The van der Waals surface area contributed by atoms with Gasteiger partial charge in [0.25, 0.3) is 0 Å². The van der Waals surface area contributed by atoms with E-state index in [1.165, 1.54) is 12.8 Å². The lowest BCUT2D eigenvalue weighted by Gasteiger charge is -2.37. The standard InChI is InChI=1S/C17H27NO/c1-13(14-10-11-14)18(4)12-17(2,3)16(19)15-8-6-5-7-9-15/h5-9,13-14,16,19H,10-12H2,1-4H3. The van der Waals surface area contributed by atoms with Gasteiger partial charge in [0.05, 0.1) is 6.10 Å². The van der Waals surface area contributed by atoms with E-state index in [1.54, 1.807) is 0 Å². The topological polar surface area (TPSA) is 23.5 Å². The van der Waals surface area contributed by atoms with Crippen molar-refractivity contribution < 1.29 is 5.11 Å². The van der Waals surface area contributed by atoms with Crippen LogP contribution >= 0.6 is 0 Å². The van der Waals surface area contributed by atoms with Crippen LogP contribution in [0.5, 0.6) is 0 Å². The maximum Gasteiger partial charge on any atom is 0.0853 e. The van der Waals surface area contributed by atoms with Crippen LogP contribution in [0.4, 0.5) is 0 Å². The van der Waals surface area contributed by atoms with Crippen molar-refractivity contribution in [2.45, 2.75) is 45.8 Å². The molecule has 19 heavy (non-hydrogen) atoms. The largest absolute Gasteiger partial charge is 0.388 e. The smallest absolute Gasteiger partial charge is 0.0853 e. The molecule has 0 spiro atoms. The molecular weight excluding hydrogens is 234 g/mol. The Morgan fingerprint density at radius 3 is 2.37 bits per heavy atom. The van der Waals surface area contributed by atoms with Crippen LogP contribution in [-0.4, -0.2) is 29.6 Å². The van der Waals surface area contributed by atoms with Gasteiger partial charge < -0.3 is 10.0 Å². The molecule has 2 unspecified atom stereocenters. The molecule has 1 aromatic rings. The van der Waals surface area contributed by atoms with E-state index in [0.29, 0.717) is 6.04 Å². The van der Waals surface area contributed by atoms with Crippen LogP contribution in [0.2, 0.25) is 0 Å². The minimum atomic E-state index is -0.414. The lowest BCUT2D eigenvalue weighted by Crippen LogP contribution is -2.41. The molecule has 0 aromatic heterocycles. The normalized spacial score (nSPS) is 19.5. The number of hydrogen-bond acceptors (Lipinski definition) is 2. The zero-order chi connectivity index (χ0) is 14.0. The van der Waals surface area contributed by atoms with Gasteiger partial charge in [0.15, 0.2) is 0 Å². The second-order valence-corrected chi connectivity index (χ2v) is 6.79. The van der Waals surface area contributed by atoms with E-state index in [2.05, 4.69) is 32.7 Å². The fraction of sp³-hybridized carbons (Fsp3) is 0.647. The number of hydrogen-bond donors (Lipinski definition) is 1. The Labute approximate surface area is 117 Å². The average molecular weight is 261 g/mol. The summed E-state index contributed by atoms with van der Waals surface area (Å²) in [6, 6.07) is 10.6. The fourth-order valence-electron chi connectivity index (χ4n) is 2.90. The van der Waals surface area contributed by atoms with Gasteiger partial charge in [-0.3, -0.25) is 0 Å². The second-order valence-electron chi connectivity index (χ2n) is 6.79. The summed E-state index contributed by atoms with van der Waals surface area (Å²) in [6.07, 6.45) is 2.32. The highest BCUT2D eigenvalue weighted by Crippen LogP contribution is 2.38. The molecule has 2 rings (SSSR count). The fourth-order valence-corrected chi connectivity index (χ4v) is 2.90. The zero-order valence-corrected chi connectivity index (χ0v) is 12.6. The maximum atomic E-state index is 10.6. The molecule has 0 saturated heterocycles. The van der Waals surface area contributed by atoms with Crippen molar-refractivity contribution in [1.82, 2.24) is 4.90 Å². The summed E-state index contributed by atoms with van der Waals surface area (Å²) in [5, 5.41) is 10.6. The Hall–Kier alpha value is -0.860. The van der Waals surface area contributed by atoms with Gasteiger partial charge >= 0.3 is 0 Å². The average Bonchev–Trinajstić information content (AvgIpc) is 3.21. The Kier molecular flexibility index (Phi) is 4.32. The number of aliphatic hydroxyl groups is 1. The number of aliphatic hydroxyl groups excluding tert-OH is 1. The van der Waals surface area contributed by atoms with E-state index in [9.17, 15) is 5.11 Å². The minimum absolute atomic E-state index is 0.140. The molecule has 0 aliphatic heterocycles. The van der Waals surface area contributed by atoms with E-state index < -0.39 is 6.10 Å². The highest BCUT2D eigenvalue weighted by Gasteiger charge is 2.35. The van der Waals surface area contributed by atoms with Gasteiger partial charge in [0, 0.05) is 18.0 Å². The molecule has 0 amide bonds. The summed E-state index contributed by atoms with van der Waals surface area (Å²) in [7, 11) is 2.18. The first-order chi connectivity index (χ1) is 8.92. The third kappa shape index (κ3) is 3.58. The van der Waals surface area contributed by atoms with E-state index in [1.807, 2.05) is 30.3 Å². The molecular formula is C17H27NO. The summed E-state index contributed by atoms with van der Waals surface area (Å²) < 4.78 is 0. The van der Waals surface area contributed by atoms with E-state index in [4.69, 9.17) is 0 Å². The Balaban J connectivity index is 2.00. The van der Waals surface area contributed by atoms with Crippen molar-refractivity contribution in [1.29, 1.82) is 0 Å². The molecule has 1 aromatic carbocycles. The summed E-state index contributed by atoms with van der Waals surface area (Å²) in [5.41, 5.74) is 0.874. The van der Waals surface area contributed by atoms with Crippen LogP contribution in [0, 0.1) is 11.3 Å². The minimum Gasteiger partial charge on any atom is -0.388 e. The first kappa shape index (κ1) is 14.5. The first-order valence-corrected chi connectivity index (χ1v) is 7.35. The van der Waals surface area contributed by atoms with Crippen LogP contribution in [-0.2, 0) is 0 Å². The summed E-state index contributed by atoms with van der Waals surface area (Å²) >= 11 is 0. The summed E-state index contributed by atoms with van der Waals surface area (Å²) in [4.78, 5) is 2.41. The molecule has 1 fully saturated rings. The molecule has 0 radical (unpaired) electrons. The zero-order valence-electron chi connectivity index (χ0n) is 12.6. The van der Waals surface area contributed by atoms with Gasteiger partial charge in [0.1, 0.15) is 0 Å². The third-order valence-electron chi connectivity index (χ3n) is 4.51. The molecule has 1 aliphatic carbocycles. The predicted octanol–water partition coefficient (Wildman–Crippen LogP) is 3.48. The second kappa shape index (κ2) is 5.64. The van der Waals surface area contributed by atoms with Crippen LogP contribution in [0.25, 0.3) is 0 Å². The Morgan fingerprint density at radius 2 is 1.84 bits per heavy atom. The summed E-state index contributed by atoms with van der Waals surface area (Å²) in [6.45, 7) is 7.53. The Morgan fingerprint density at radius 1 is 1.26 bits per heavy atom. The van der Waals surface area contributed by atoms with Crippen molar-refractivity contribution in [2.24, 2.45) is 11.3 Å². The third-order valence-corrected chi connectivity index (χ3v) is 4.51. The summed E-state index contributed by atoms with van der Waals surface area (Å²) in [5.74, 6) is 0.870. The lowest BCUT2D eigenvalue weighted by atomic mass is 9.82. The van der Waals surface area contributed by atoms with Crippen molar-refractivity contribution in [3.05, 3.63) is 35.9 Å². The van der Waals surface area contributed by atoms with E-state index >= 15 is 0 Å². The highest BCUT2D eigenvalue weighted by atomic mass is 16.3.